The van der Waals surface area contributed by atoms with Crippen LogP contribution >= 0.6 is 0 Å². The molecule has 2 fully saturated rings. The average Bonchev–Trinajstić information content (AvgIpc) is 2.43. The van der Waals surface area contributed by atoms with Gasteiger partial charge in [-0.1, -0.05) is 38.7 Å². The molecule has 0 aromatic heterocycles. The first kappa shape index (κ1) is 12.2. The molecule has 0 aromatic rings. The number of rotatable bonds is 4. The Bertz CT molecular complexity index is 218. The van der Waals surface area contributed by atoms with Crippen molar-refractivity contribution in [3.8, 4) is 0 Å². The maximum absolute atomic E-state index is 3.89. The van der Waals surface area contributed by atoms with Gasteiger partial charge in [0.1, 0.15) is 0 Å². The van der Waals surface area contributed by atoms with E-state index in [-0.39, 0.29) is 0 Å². The Kier molecular flexibility index (Phi) is 4.49. The smallest absolute Gasteiger partial charge is 0.0351 e. The van der Waals surface area contributed by atoms with E-state index in [2.05, 4.69) is 19.6 Å². The quantitative estimate of drug-likeness (QED) is 0.572. The van der Waals surface area contributed by atoms with Gasteiger partial charge in [0.05, 0.1) is 0 Å². The SMILES string of the molecule is C=CCCC1CC2CCCC(C2)CC1CC. The molecule has 0 aromatic carbocycles. The van der Waals surface area contributed by atoms with Crippen molar-refractivity contribution in [2.24, 2.45) is 23.7 Å². The van der Waals surface area contributed by atoms with Crippen LogP contribution in [0.15, 0.2) is 12.7 Å². The first-order valence-electron chi connectivity index (χ1n) is 7.44. The van der Waals surface area contributed by atoms with Crippen LogP contribution in [0.25, 0.3) is 0 Å². The van der Waals surface area contributed by atoms with Crippen LogP contribution in [0.5, 0.6) is 0 Å². The van der Waals surface area contributed by atoms with E-state index < -0.39 is 0 Å². The van der Waals surface area contributed by atoms with Gasteiger partial charge in [0, 0.05) is 0 Å². The van der Waals surface area contributed by atoms with Crippen molar-refractivity contribution in [3.05, 3.63) is 12.7 Å². The monoisotopic (exact) mass is 220 g/mol. The third-order valence-corrected chi connectivity index (χ3v) is 5.10. The molecule has 2 rings (SSSR count). The van der Waals surface area contributed by atoms with Crippen molar-refractivity contribution in [2.45, 2.75) is 64.7 Å². The second-order valence-electron chi connectivity index (χ2n) is 6.16. The molecule has 2 bridgehead atoms. The molecule has 0 N–H and O–H groups in total. The van der Waals surface area contributed by atoms with Gasteiger partial charge in [0.15, 0.2) is 0 Å². The summed E-state index contributed by atoms with van der Waals surface area (Å²) in [6.07, 6.45) is 15.4. The maximum Gasteiger partial charge on any atom is -0.0351 e. The van der Waals surface area contributed by atoms with E-state index in [0.717, 1.165) is 23.7 Å². The Labute approximate surface area is 102 Å². The van der Waals surface area contributed by atoms with Gasteiger partial charge in [-0.05, 0) is 55.8 Å². The summed E-state index contributed by atoms with van der Waals surface area (Å²) in [6, 6.07) is 0. The fourth-order valence-corrected chi connectivity index (χ4v) is 4.26. The Hall–Kier alpha value is -0.260. The van der Waals surface area contributed by atoms with Gasteiger partial charge in [0.2, 0.25) is 0 Å². The molecule has 0 heteroatoms. The topological polar surface area (TPSA) is 0 Å². The second kappa shape index (κ2) is 5.89. The second-order valence-corrected chi connectivity index (χ2v) is 6.16. The zero-order chi connectivity index (χ0) is 11.4. The summed E-state index contributed by atoms with van der Waals surface area (Å²) < 4.78 is 0. The van der Waals surface area contributed by atoms with Gasteiger partial charge in [-0.2, -0.15) is 0 Å². The van der Waals surface area contributed by atoms with Crippen molar-refractivity contribution < 1.29 is 0 Å². The molecule has 0 nitrogen and oxygen atoms in total. The van der Waals surface area contributed by atoms with E-state index in [4.69, 9.17) is 0 Å². The highest BCUT2D eigenvalue weighted by molar-refractivity contribution is 4.85. The summed E-state index contributed by atoms with van der Waals surface area (Å²) in [5.41, 5.74) is 0. The van der Waals surface area contributed by atoms with Crippen molar-refractivity contribution in [1.82, 2.24) is 0 Å². The van der Waals surface area contributed by atoms with Crippen LogP contribution in [0.2, 0.25) is 0 Å². The maximum atomic E-state index is 3.89. The normalized spacial score (nSPS) is 39.1. The summed E-state index contributed by atoms with van der Waals surface area (Å²) in [4.78, 5) is 0. The lowest BCUT2D eigenvalue weighted by Crippen LogP contribution is -2.14. The lowest BCUT2D eigenvalue weighted by Gasteiger charge is -2.26. The summed E-state index contributed by atoms with van der Waals surface area (Å²) >= 11 is 0. The Morgan fingerprint density at radius 3 is 2.38 bits per heavy atom. The van der Waals surface area contributed by atoms with Gasteiger partial charge in [-0.3, -0.25) is 0 Å². The van der Waals surface area contributed by atoms with Crippen molar-refractivity contribution >= 4 is 0 Å². The molecule has 0 heterocycles. The van der Waals surface area contributed by atoms with E-state index in [1.54, 1.807) is 6.42 Å². The summed E-state index contributed by atoms with van der Waals surface area (Å²) in [5, 5.41) is 0. The number of fused-ring (bicyclic) bond motifs is 2. The summed E-state index contributed by atoms with van der Waals surface area (Å²) in [5.74, 6) is 4.19. The zero-order valence-electron chi connectivity index (χ0n) is 11.0. The summed E-state index contributed by atoms with van der Waals surface area (Å²) in [7, 11) is 0. The first-order valence-corrected chi connectivity index (χ1v) is 7.44. The third kappa shape index (κ3) is 2.90. The van der Waals surface area contributed by atoms with Crippen molar-refractivity contribution in [2.75, 3.05) is 0 Å². The molecule has 16 heavy (non-hydrogen) atoms. The fourth-order valence-electron chi connectivity index (χ4n) is 4.26. The van der Waals surface area contributed by atoms with Crippen LogP contribution in [0, 0.1) is 23.7 Å². The minimum atomic E-state index is 1.01. The van der Waals surface area contributed by atoms with E-state index >= 15 is 0 Å². The highest BCUT2D eigenvalue weighted by atomic mass is 14.4. The van der Waals surface area contributed by atoms with Crippen LogP contribution in [0.4, 0.5) is 0 Å². The highest BCUT2D eigenvalue weighted by Gasteiger charge is 2.33. The highest BCUT2D eigenvalue weighted by Crippen LogP contribution is 2.45. The molecule has 4 atom stereocenters. The number of hydrogen-bond donors (Lipinski definition) is 0. The largest absolute Gasteiger partial charge is 0.103 e. The van der Waals surface area contributed by atoms with Crippen LogP contribution in [-0.4, -0.2) is 0 Å². The Balaban J connectivity index is 1.99. The molecule has 2 aliphatic carbocycles. The molecule has 2 saturated carbocycles. The standard InChI is InChI=1S/C16H28/c1-3-5-9-16-12-14-8-6-7-13(10-14)11-15(16)4-2/h3,13-16H,1,4-12H2,2H3. The van der Waals surface area contributed by atoms with Gasteiger partial charge in [0.25, 0.3) is 0 Å². The van der Waals surface area contributed by atoms with Gasteiger partial charge >= 0.3 is 0 Å². The average molecular weight is 220 g/mol. The minimum absolute atomic E-state index is 1.01. The van der Waals surface area contributed by atoms with E-state index in [1.165, 1.54) is 51.4 Å². The first-order chi connectivity index (χ1) is 7.83. The molecule has 0 radical (unpaired) electrons. The number of hydrogen-bond acceptors (Lipinski definition) is 0. The van der Waals surface area contributed by atoms with E-state index in [1.807, 2.05) is 0 Å². The molecule has 92 valence electrons. The molecule has 4 unspecified atom stereocenters. The number of allylic oxidation sites excluding steroid dienone is 1. The van der Waals surface area contributed by atoms with Gasteiger partial charge in [-0.15, -0.1) is 6.58 Å². The lowest BCUT2D eigenvalue weighted by molar-refractivity contribution is 0.262. The Morgan fingerprint density at radius 2 is 1.75 bits per heavy atom. The molecular weight excluding hydrogens is 192 g/mol. The van der Waals surface area contributed by atoms with Crippen molar-refractivity contribution in [1.29, 1.82) is 0 Å². The van der Waals surface area contributed by atoms with Gasteiger partial charge < -0.3 is 0 Å². The van der Waals surface area contributed by atoms with Crippen LogP contribution in [-0.2, 0) is 0 Å². The van der Waals surface area contributed by atoms with Crippen LogP contribution < -0.4 is 0 Å². The lowest BCUT2D eigenvalue weighted by atomic mass is 9.80. The molecule has 2 aliphatic rings. The predicted octanol–water partition coefficient (Wildman–Crippen LogP) is 5.20. The fraction of sp³-hybridized carbons (Fsp3) is 0.875. The van der Waals surface area contributed by atoms with E-state index in [9.17, 15) is 0 Å². The third-order valence-electron chi connectivity index (χ3n) is 5.10. The molecule has 0 spiro atoms. The van der Waals surface area contributed by atoms with Gasteiger partial charge in [-0.25, -0.2) is 0 Å². The zero-order valence-corrected chi connectivity index (χ0v) is 11.0. The predicted molar refractivity (Wildman–Crippen MR) is 71.4 cm³/mol. The van der Waals surface area contributed by atoms with E-state index in [0.29, 0.717) is 0 Å². The molecule has 0 saturated heterocycles. The molecule has 0 amide bonds. The molecule has 0 aliphatic heterocycles. The van der Waals surface area contributed by atoms with Crippen LogP contribution in [0.3, 0.4) is 0 Å². The minimum Gasteiger partial charge on any atom is -0.103 e. The summed E-state index contributed by atoms with van der Waals surface area (Å²) in [6.45, 7) is 6.29. The van der Waals surface area contributed by atoms with Crippen LogP contribution in [0.1, 0.15) is 64.7 Å². The molecular formula is C16H28. The Morgan fingerprint density at radius 1 is 1.06 bits per heavy atom. The van der Waals surface area contributed by atoms with Crippen molar-refractivity contribution in [3.63, 3.8) is 0 Å².